The van der Waals surface area contributed by atoms with E-state index in [2.05, 4.69) is 86.8 Å². The second-order valence-electron chi connectivity index (χ2n) is 16.4. The first-order valence-electron chi connectivity index (χ1n) is 23.2. The highest BCUT2D eigenvalue weighted by molar-refractivity contribution is 7.47. The molecule has 2 atom stereocenters. The SMILES string of the molecule is CC/C=C\C/C=C\C/C=C\C/C=C\C/C=C\C/C=C\CCCOCC(COP(=O)(O)OCC[N+](C)(C)C)OC(=O)CCCCCCCCCCCCCCCCCC. The van der Waals surface area contributed by atoms with Crippen molar-refractivity contribution in [2.45, 2.75) is 180 Å². The number of hydrogen-bond donors (Lipinski definition) is 1. The maximum Gasteiger partial charge on any atom is 0.472 e. The van der Waals surface area contributed by atoms with Crippen molar-refractivity contribution in [2.24, 2.45) is 0 Å². The second-order valence-corrected chi connectivity index (χ2v) is 17.9. The Hall–Kier alpha value is -2.06. The topological polar surface area (TPSA) is 91.3 Å². The van der Waals surface area contributed by atoms with Gasteiger partial charge in [0.25, 0.3) is 0 Å². The lowest BCUT2D eigenvalue weighted by Gasteiger charge is -2.24. The molecular weight excluding hydrogens is 746 g/mol. The summed E-state index contributed by atoms with van der Waals surface area (Å²) in [7, 11) is 1.62. The lowest BCUT2D eigenvalue weighted by atomic mass is 10.0. The molecule has 0 bridgehead atoms. The molecule has 336 valence electrons. The molecule has 0 spiro atoms. The Morgan fingerprint density at radius 1 is 0.552 bits per heavy atom. The van der Waals surface area contributed by atoms with Crippen LogP contribution in [0.1, 0.15) is 174 Å². The van der Waals surface area contributed by atoms with Crippen molar-refractivity contribution in [2.75, 3.05) is 54.1 Å². The maximum atomic E-state index is 12.7. The van der Waals surface area contributed by atoms with Crippen molar-refractivity contribution in [3.8, 4) is 0 Å². The normalized spacial score (nSPS) is 14.4. The van der Waals surface area contributed by atoms with Gasteiger partial charge in [-0.2, -0.15) is 0 Å². The number of quaternary nitrogens is 1. The highest BCUT2D eigenvalue weighted by Crippen LogP contribution is 2.43. The molecule has 58 heavy (non-hydrogen) atoms. The highest BCUT2D eigenvalue weighted by Gasteiger charge is 2.26. The molecule has 0 aromatic carbocycles. The number of esters is 1. The summed E-state index contributed by atoms with van der Waals surface area (Å²) in [6.07, 6.45) is 53.8. The molecule has 0 amide bonds. The van der Waals surface area contributed by atoms with Gasteiger partial charge >= 0.3 is 13.8 Å². The third-order valence-corrected chi connectivity index (χ3v) is 10.5. The van der Waals surface area contributed by atoms with Crippen LogP contribution in [0.15, 0.2) is 72.9 Å². The summed E-state index contributed by atoms with van der Waals surface area (Å²) in [4.78, 5) is 22.9. The summed E-state index contributed by atoms with van der Waals surface area (Å²) in [6, 6.07) is 0. The van der Waals surface area contributed by atoms with Gasteiger partial charge in [-0.3, -0.25) is 13.8 Å². The first kappa shape index (κ1) is 55.9. The Morgan fingerprint density at radius 2 is 0.983 bits per heavy atom. The van der Waals surface area contributed by atoms with Gasteiger partial charge in [-0.05, 0) is 57.8 Å². The van der Waals surface area contributed by atoms with Gasteiger partial charge < -0.3 is 18.9 Å². The predicted octanol–water partition coefficient (Wildman–Crippen LogP) is 13.9. The van der Waals surface area contributed by atoms with Crippen LogP contribution in [-0.2, 0) is 27.9 Å². The summed E-state index contributed by atoms with van der Waals surface area (Å²) in [5, 5.41) is 0. The third-order valence-electron chi connectivity index (χ3n) is 9.53. The predicted molar refractivity (Wildman–Crippen MR) is 247 cm³/mol. The van der Waals surface area contributed by atoms with E-state index >= 15 is 0 Å². The zero-order valence-electron chi connectivity index (χ0n) is 38.0. The fourth-order valence-electron chi connectivity index (χ4n) is 5.98. The number of allylic oxidation sites excluding steroid dienone is 12. The number of carbonyl (C=O) groups excluding carboxylic acids is 1. The van der Waals surface area contributed by atoms with Crippen LogP contribution in [0.5, 0.6) is 0 Å². The van der Waals surface area contributed by atoms with Gasteiger partial charge in [-0.15, -0.1) is 0 Å². The van der Waals surface area contributed by atoms with Crippen LogP contribution in [0.25, 0.3) is 0 Å². The molecule has 0 aromatic rings. The van der Waals surface area contributed by atoms with E-state index in [1.54, 1.807) is 0 Å². The maximum absolute atomic E-state index is 12.7. The van der Waals surface area contributed by atoms with Crippen molar-refractivity contribution < 1.29 is 37.3 Å². The van der Waals surface area contributed by atoms with E-state index < -0.39 is 13.9 Å². The third kappa shape index (κ3) is 45.0. The minimum Gasteiger partial charge on any atom is -0.457 e. The molecule has 9 heteroatoms. The number of nitrogens with zero attached hydrogens (tertiary/aromatic N) is 1. The average Bonchev–Trinajstić information content (AvgIpc) is 3.18. The highest BCUT2D eigenvalue weighted by atomic mass is 31.2. The minimum atomic E-state index is -4.29. The summed E-state index contributed by atoms with van der Waals surface area (Å²) in [5.74, 6) is -0.334. The zero-order chi connectivity index (χ0) is 42.7. The van der Waals surface area contributed by atoms with Crippen LogP contribution < -0.4 is 0 Å². The smallest absolute Gasteiger partial charge is 0.457 e. The summed E-state index contributed by atoms with van der Waals surface area (Å²) >= 11 is 0. The number of unbranched alkanes of at least 4 members (excludes halogenated alkanes) is 16. The molecule has 0 rings (SSSR count). The first-order chi connectivity index (χ1) is 28.1. The van der Waals surface area contributed by atoms with Crippen LogP contribution in [0.2, 0.25) is 0 Å². The number of ether oxygens (including phenoxy) is 2. The zero-order valence-corrected chi connectivity index (χ0v) is 38.9. The summed E-state index contributed by atoms with van der Waals surface area (Å²) in [5.41, 5.74) is 0. The lowest BCUT2D eigenvalue weighted by Crippen LogP contribution is -2.37. The van der Waals surface area contributed by atoms with Gasteiger partial charge in [-0.25, -0.2) is 4.57 Å². The lowest BCUT2D eigenvalue weighted by molar-refractivity contribution is -0.870. The van der Waals surface area contributed by atoms with Gasteiger partial charge in [-0.1, -0.05) is 183 Å². The van der Waals surface area contributed by atoms with Gasteiger partial charge in [0.1, 0.15) is 19.3 Å². The molecule has 0 radical (unpaired) electrons. The van der Waals surface area contributed by atoms with E-state index in [9.17, 15) is 14.3 Å². The van der Waals surface area contributed by atoms with Crippen LogP contribution >= 0.6 is 7.82 Å². The molecule has 2 unspecified atom stereocenters. The second kappa shape index (κ2) is 41.7. The van der Waals surface area contributed by atoms with Crippen molar-refractivity contribution >= 4 is 13.8 Å². The number of phosphoric acid groups is 1. The summed E-state index contributed by atoms with van der Waals surface area (Å²) in [6.45, 7) is 5.35. The average molecular weight is 835 g/mol. The summed E-state index contributed by atoms with van der Waals surface area (Å²) < 4.78 is 35.0. The van der Waals surface area contributed by atoms with E-state index in [1.165, 1.54) is 83.5 Å². The fourth-order valence-corrected chi connectivity index (χ4v) is 6.72. The number of rotatable bonds is 42. The largest absolute Gasteiger partial charge is 0.472 e. The minimum absolute atomic E-state index is 0.0755. The van der Waals surface area contributed by atoms with E-state index in [0.717, 1.165) is 70.6 Å². The first-order valence-corrected chi connectivity index (χ1v) is 24.7. The van der Waals surface area contributed by atoms with Gasteiger partial charge in [0.2, 0.25) is 0 Å². The fraction of sp³-hybridized carbons (Fsp3) is 0.735. The Labute approximate surface area is 357 Å². The molecular formula is C49H89NO7P+. The van der Waals surface area contributed by atoms with Crippen LogP contribution in [0.3, 0.4) is 0 Å². The molecule has 0 aliphatic heterocycles. The number of carbonyl (C=O) groups is 1. The molecule has 8 nitrogen and oxygen atoms in total. The monoisotopic (exact) mass is 835 g/mol. The molecule has 1 N–H and O–H groups in total. The standard InChI is InChI=1S/C49H88NO7P/c1-6-8-10-12-14-16-18-20-22-24-25-26-27-29-31-33-35-37-39-41-44-54-46-48(47-56-58(52,53)55-45-43-50(3,4)5)57-49(51)42-40-38-36-34-32-30-28-23-21-19-17-15-13-11-9-7-2/h8,10,14,16,20,22,25-26,29,31,35,37,48H,6-7,9,11-13,15,17-19,21,23-24,27-28,30,32-34,36,38-47H2,1-5H3/p+1/b10-8-,16-14-,22-20-,26-25-,31-29-,37-35-. The van der Waals surface area contributed by atoms with Crippen LogP contribution in [0.4, 0.5) is 0 Å². The van der Waals surface area contributed by atoms with Gasteiger partial charge in [0, 0.05) is 13.0 Å². The van der Waals surface area contributed by atoms with Crippen molar-refractivity contribution in [3.05, 3.63) is 72.9 Å². The van der Waals surface area contributed by atoms with Gasteiger partial charge in [0.15, 0.2) is 0 Å². The van der Waals surface area contributed by atoms with Crippen LogP contribution in [-0.4, -0.2) is 75.6 Å². The molecule has 0 saturated heterocycles. The Kier molecular flexibility index (Phi) is 40.2. The number of hydrogen-bond acceptors (Lipinski definition) is 6. The molecule has 0 aromatic heterocycles. The molecule has 0 heterocycles. The number of phosphoric ester groups is 1. The van der Waals surface area contributed by atoms with E-state index in [4.69, 9.17) is 18.5 Å². The quantitative estimate of drug-likeness (QED) is 0.0215. The Balaban J connectivity index is 4.32. The molecule has 0 aliphatic carbocycles. The van der Waals surface area contributed by atoms with Crippen molar-refractivity contribution in [1.29, 1.82) is 0 Å². The molecule has 0 fully saturated rings. The Morgan fingerprint density at radius 3 is 1.43 bits per heavy atom. The molecule has 0 aliphatic rings. The van der Waals surface area contributed by atoms with E-state index in [1.807, 2.05) is 21.1 Å². The van der Waals surface area contributed by atoms with E-state index in [0.29, 0.717) is 24.1 Å². The number of likely N-dealkylation sites (N-methyl/N-ethyl adjacent to an activating group) is 1. The van der Waals surface area contributed by atoms with Crippen LogP contribution in [0, 0.1) is 0 Å². The Bertz CT molecular complexity index is 1150. The van der Waals surface area contributed by atoms with Crippen molar-refractivity contribution in [1.82, 2.24) is 0 Å². The van der Waals surface area contributed by atoms with E-state index in [-0.39, 0.29) is 25.8 Å². The van der Waals surface area contributed by atoms with Gasteiger partial charge in [0.05, 0.1) is 34.4 Å². The van der Waals surface area contributed by atoms with Crippen molar-refractivity contribution in [3.63, 3.8) is 0 Å². The molecule has 0 saturated carbocycles.